The molecule has 5 nitrogen and oxygen atoms in total. The summed E-state index contributed by atoms with van der Waals surface area (Å²) in [5, 5.41) is 13.6. The number of carbonyl (C=O) groups is 1. The summed E-state index contributed by atoms with van der Waals surface area (Å²) >= 11 is 3.65. The topological polar surface area (TPSA) is 72.2 Å². The van der Waals surface area contributed by atoms with Crippen molar-refractivity contribution in [3.63, 3.8) is 0 Å². The second-order valence-electron chi connectivity index (χ2n) is 5.08. The molecule has 1 aliphatic rings. The van der Waals surface area contributed by atoms with Crippen molar-refractivity contribution >= 4 is 27.5 Å². The standard InChI is InChI=1S/C14H17BrN2O3/c15-13-7-2-1-4-11(13)9-16-14(18)10-5-3-6-12(8-10)17(19)20/h3,5-6,8,11,13H,1-2,4,7,9H2,(H,16,18). The molecule has 1 amide bonds. The van der Waals surface area contributed by atoms with Crippen LogP contribution in [-0.4, -0.2) is 22.2 Å². The smallest absolute Gasteiger partial charge is 0.270 e. The van der Waals surface area contributed by atoms with Gasteiger partial charge in [-0.25, -0.2) is 0 Å². The lowest BCUT2D eigenvalue weighted by molar-refractivity contribution is -0.384. The molecule has 0 heterocycles. The fraction of sp³-hybridized carbons (Fsp3) is 0.500. The summed E-state index contributed by atoms with van der Waals surface area (Å²) in [5.74, 6) is 0.186. The van der Waals surface area contributed by atoms with E-state index in [0.717, 1.165) is 12.8 Å². The molecule has 20 heavy (non-hydrogen) atoms. The Bertz CT molecular complexity index is 507. The summed E-state index contributed by atoms with van der Waals surface area (Å²) in [4.78, 5) is 22.7. The van der Waals surface area contributed by atoms with Crippen LogP contribution in [0.3, 0.4) is 0 Å². The van der Waals surface area contributed by atoms with E-state index >= 15 is 0 Å². The third-order valence-corrected chi connectivity index (χ3v) is 4.87. The number of carbonyl (C=O) groups excluding carboxylic acids is 1. The number of nitrogens with one attached hydrogen (secondary N) is 1. The van der Waals surface area contributed by atoms with Gasteiger partial charge in [-0.3, -0.25) is 14.9 Å². The maximum atomic E-state index is 12.0. The van der Waals surface area contributed by atoms with Crippen molar-refractivity contribution < 1.29 is 9.72 Å². The molecule has 0 aliphatic heterocycles. The van der Waals surface area contributed by atoms with Gasteiger partial charge in [0, 0.05) is 29.1 Å². The molecule has 0 aromatic heterocycles. The van der Waals surface area contributed by atoms with Crippen LogP contribution < -0.4 is 5.32 Å². The first-order valence-electron chi connectivity index (χ1n) is 6.74. The number of amides is 1. The normalized spacial score (nSPS) is 22.2. The van der Waals surface area contributed by atoms with E-state index in [1.807, 2.05) is 0 Å². The lowest BCUT2D eigenvalue weighted by Crippen LogP contribution is -2.34. The molecular formula is C14H17BrN2O3. The first kappa shape index (κ1) is 15.0. The van der Waals surface area contributed by atoms with Gasteiger partial charge in [0.25, 0.3) is 11.6 Å². The van der Waals surface area contributed by atoms with Crippen LogP contribution in [0.5, 0.6) is 0 Å². The minimum absolute atomic E-state index is 0.0614. The number of nitro benzene ring substituents is 1. The highest BCUT2D eigenvalue weighted by molar-refractivity contribution is 9.09. The Balaban J connectivity index is 1.94. The number of hydrogen-bond donors (Lipinski definition) is 1. The third-order valence-electron chi connectivity index (χ3n) is 3.66. The maximum absolute atomic E-state index is 12.0. The van der Waals surface area contributed by atoms with Crippen molar-refractivity contribution in [2.45, 2.75) is 30.5 Å². The molecule has 2 unspecified atom stereocenters. The van der Waals surface area contributed by atoms with Gasteiger partial charge in [0.05, 0.1) is 4.92 Å². The van der Waals surface area contributed by atoms with Gasteiger partial charge in [-0.15, -0.1) is 0 Å². The van der Waals surface area contributed by atoms with E-state index in [9.17, 15) is 14.9 Å². The average Bonchev–Trinajstić information content (AvgIpc) is 2.46. The molecule has 108 valence electrons. The zero-order chi connectivity index (χ0) is 14.5. The predicted molar refractivity (Wildman–Crippen MR) is 80.1 cm³/mol. The SMILES string of the molecule is O=C(NCC1CCCCC1Br)c1cccc([N+](=O)[O-])c1. The maximum Gasteiger partial charge on any atom is 0.270 e. The van der Waals surface area contributed by atoms with Crippen LogP contribution in [-0.2, 0) is 0 Å². The van der Waals surface area contributed by atoms with E-state index in [1.54, 1.807) is 6.07 Å². The molecular weight excluding hydrogens is 324 g/mol. The minimum Gasteiger partial charge on any atom is -0.352 e. The monoisotopic (exact) mass is 340 g/mol. The highest BCUT2D eigenvalue weighted by atomic mass is 79.9. The van der Waals surface area contributed by atoms with Gasteiger partial charge in [0.1, 0.15) is 0 Å². The molecule has 1 N–H and O–H groups in total. The van der Waals surface area contributed by atoms with Crippen molar-refractivity contribution in [3.8, 4) is 0 Å². The Labute approximate surface area is 126 Å². The molecule has 1 aromatic carbocycles. The number of non-ortho nitro benzene ring substituents is 1. The Morgan fingerprint density at radius 2 is 2.15 bits per heavy atom. The van der Waals surface area contributed by atoms with E-state index in [0.29, 0.717) is 22.9 Å². The number of nitrogens with zero attached hydrogens (tertiary/aromatic N) is 1. The van der Waals surface area contributed by atoms with Crippen LogP contribution in [0.25, 0.3) is 0 Å². The van der Waals surface area contributed by atoms with Gasteiger partial charge >= 0.3 is 0 Å². The van der Waals surface area contributed by atoms with Crippen molar-refractivity contribution in [1.29, 1.82) is 0 Å². The van der Waals surface area contributed by atoms with Gasteiger partial charge in [0.15, 0.2) is 0 Å². The molecule has 1 saturated carbocycles. The van der Waals surface area contributed by atoms with Gasteiger partial charge in [0.2, 0.25) is 0 Å². The first-order chi connectivity index (χ1) is 9.58. The highest BCUT2D eigenvalue weighted by Crippen LogP contribution is 2.29. The Hall–Kier alpha value is -1.43. The first-order valence-corrected chi connectivity index (χ1v) is 7.66. The van der Waals surface area contributed by atoms with Gasteiger partial charge < -0.3 is 5.32 Å². The summed E-state index contributed by atoms with van der Waals surface area (Å²) in [5.41, 5.74) is 0.273. The lowest BCUT2D eigenvalue weighted by Gasteiger charge is -2.27. The number of nitro groups is 1. The van der Waals surface area contributed by atoms with Crippen molar-refractivity contribution in [3.05, 3.63) is 39.9 Å². The zero-order valence-corrected chi connectivity index (χ0v) is 12.6. The fourth-order valence-electron chi connectivity index (χ4n) is 2.48. The molecule has 2 atom stereocenters. The summed E-state index contributed by atoms with van der Waals surface area (Å²) in [6.07, 6.45) is 4.66. The number of alkyl halides is 1. The molecule has 0 spiro atoms. The van der Waals surface area contributed by atoms with E-state index < -0.39 is 4.92 Å². The summed E-state index contributed by atoms with van der Waals surface area (Å²) in [7, 11) is 0. The third kappa shape index (κ3) is 3.79. The molecule has 0 saturated heterocycles. The molecule has 6 heteroatoms. The van der Waals surface area contributed by atoms with Gasteiger partial charge in [-0.1, -0.05) is 34.8 Å². The Kier molecular flexibility index (Phi) is 5.11. The second kappa shape index (κ2) is 6.83. The van der Waals surface area contributed by atoms with E-state index in [2.05, 4.69) is 21.2 Å². The number of halogens is 1. The molecule has 0 radical (unpaired) electrons. The Morgan fingerprint density at radius 1 is 1.40 bits per heavy atom. The van der Waals surface area contributed by atoms with Gasteiger partial charge in [-0.2, -0.15) is 0 Å². The van der Waals surface area contributed by atoms with Crippen LogP contribution in [0, 0.1) is 16.0 Å². The van der Waals surface area contributed by atoms with E-state index in [4.69, 9.17) is 0 Å². The quantitative estimate of drug-likeness (QED) is 0.519. The number of rotatable bonds is 4. The molecule has 1 aliphatic carbocycles. The number of hydrogen-bond acceptors (Lipinski definition) is 3. The van der Waals surface area contributed by atoms with Gasteiger partial charge in [-0.05, 0) is 24.8 Å². The van der Waals surface area contributed by atoms with E-state index in [1.165, 1.54) is 31.0 Å². The fourth-order valence-corrected chi connectivity index (χ4v) is 3.25. The minimum atomic E-state index is -0.494. The molecule has 1 aromatic rings. The summed E-state index contributed by atoms with van der Waals surface area (Å²) in [6, 6.07) is 5.81. The molecule has 1 fully saturated rings. The van der Waals surface area contributed by atoms with Crippen LogP contribution >= 0.6 is 15.9 Å². The van der Waals surface area contributed by atoms with Crippen LogP contribution in [0.2, 0.25) is 0 Å². The zero-order valence-electron chi connectivity index (χ0n) is 11.0. The van der Waals surface area contributed by atoms with Crippen molar-refractivity contribution in [2.75, 3.05) is 6.54 Å². The summed E-state index contributed by atoms with van der Waals surface area (Å²) < 4.78 is 0. The van der Waals surface area contributed by atoms with E-state index in [-0.39, 0.29) is 11.6 Å². The van der Waals surface area contributed by atoms with Crippen molar-refractivity contribution in [1.82, 2.24) is 5.32 Å². The van der Waals surface area contributed by atoms with Crippen molar-refractivity contribution in [2.24, 2.45) is 5.92 Å². The van der Waals surface area contributed by atoms with Crippen LogP contribution in [0.1, 0.15) is 36.0 Å². The largest absolute Gasteiger partial charge is 0.352 e. The lowest BCUT2D eigenvalue weighted by atomic mass is 9.89. The highest BCUT2D eigenvalue weighted by Gasteiger charge is 2.23. The Morgan fingerprint density at radius 3 is 2.85 bits per heavy atom. The van der Waals surface area contributed by atoms with Crippen LogP contribution in [0.15, 0.2) is 24.3 Å². The second-order valence-corrected chi connectivity index (χ2v) is 6.25. The average molecular weight is 341 g/mol. The number of benzene rings is 1. The van der Waals surface area contributed by atoms with Crippen LogP contribution in [0.4, 0.5) is 5.69 Å². The summed E-state index contributed by atoms with van der Waals surface area (Å²) in [6.45, 7) is 0.609. The molecule has 0 bridgehead atoms. The molecule has 2 rings (SSSR count). The predicted octanol–water partition coefficient (Wildman–Crippen LogP) is 3.28.